The van der Waals surface area contributed by atoms with Crippen molar-refractivity contribution in [2.75, 3.05) is 31.0 Å². The number of carbonyl (C=O) groups is 4. The van der Waals surface area contributed by atoms with Gasteiger partial charge in [-0.05, 0) is 42.3 Å². The molecule has 0 heterocycles. The topological polar surface area (TPSA) is 102 Å². The summed E-state index contributed by atoms with van der Waals surface area (Å²) in [7, 11) is 2.70. The summed E-state index contributed by atoms with van der Waals surface area (Å²) < 4.78 is 9.81. The van der Waals surface area contributed by atoms with E-state index in [9.17, 15) is 19.2 Å². The lowest BCUT2D eigenvalue weighted by Crippen LogP contribution is -2.28. The highest BCUT2D eigenvalue weighted by Crippen LogP contribution is 2.21. The van der Waals surface area contributed by atoms with Gasteiger partial charge in [0.15, 0.2) is 12.4 Å². The summed E-state index contributed by atoms with van der Waals surface area (Å²) in [5.74, 6) is -0.990. The molecule has 2 aromatic rings. The highest BCUT2D eigenvalue weighted by molar-refractivity contribution is 6.03. The Labute approximate surface area is 181 Å². The lowest BCUT2D eigenvalue weighted by Gasteiger charge is -2.18. The van der Waals surface area contributed by atoms with Gasteiger partial charge < -0.3 is 14.8 Å². The van der Waals surface area contributed by atoms with Crippen LogP contribution in [0.15, 0.2) is 48.5 Å². The molecule has 0 aliphatic carbocycles. The SMILES string of the molecule is COC(=O)N(C)c1ccccc1C(=O)OCC(=O)c1ccc(NC(=O)CC(C)C)cc1. The summed E-state index contributed by atoms with van der Waals surface area (Å²) in [6, 6.07) is 12.7. The zero-order chi connectivity index (χ0) is 23.0. The van der Waals surface area contributed by atoms with Crippen molar-refractivity contribution in [3.05, 3.63) is 59.7 Å². The molecule has 8 nitrogen and oxygen atoms in total. The molecule has 0 aromatic heterocycles. The van der Waals surface area contributed by atoms with Gasteiger partial charge in [-0.2, -0.15) is 0 Å². The third-order valence-electron chi connectivity index (χ3n) is 4.35. The van der Waals surface area contributed by atoms with Gasteiger partial charge in [-0.1, -0.05) is 26.0 Å². The van der Waals surface area contributed by atoms with E-state index in [2.05, 4.69) is 10.1 Å². The molecular formula is C23H26N2O6. The first-order valence-corrected chi connectivity index (χ1v) is 9.73. The second-order valence-corrected chi connectivity index (χ2v) is 7.27. The van der Waals surface area contributed by atoms with E-state index in [1.54, 1.807) is 42.5 Å². The molecule has 0 unspecified atom stereocenters. The number of anilines is 2. The van der Waals surface area contributed by atoms with Crippen LogP contribution in [0, 0.1) is 5.92 Å². The van der Waals surface area contributed by atoms with E-state index in [-0.39, 0.29) is 17.4 Å². The average Bonchev–Trinajstić information content (AvgIpc) is 2.76. The van der Waals surface area contributed by atoms with Crippen LogP contribution in [0.5, 0.6) is 0 Å². The van der Waals surface area contributed by atoms with Gasteiger partial charge in [0, 0.05) is 24.7 Å². The van der Waals surface area contributed by atoms with E-state index in [1.165, 1.54) is 25.1 Å². The van der Waals surface area contributed by atoms with Crippen LogP contribution >= 0.6 is 0 Å². The average molecular weight is 426 g/mol. The number of esters is 1. The number of carbonyl (C=O) groups excluding carboxylic acids is 4. The lowest BCUT2D eigenvalue weighted by atomic mass is 10.1. The molecule has 164 valence electrons. The first-order valence-electron chi connectivity index (χ1n) is 9.73. The van der Waals surface area contributed by atoms with Crippen LogP contribution in [-0.4, -0.2) is 44.5 Å². The molecule has 2 aromatic carbocycles. The molecule has 1 N–H and O–H groups in total. The van der Waals surface area contributed by atoms with Crippen LogP contribution in [0.1, 0.15) is 41.0 Å². The van der Waals surface area contributed by atoms with Gasteiger partial charge in [-0.15, -0.1) is 0 Å². The van der Waals surface area contributed by atoms with Gasteiger partial charge in [-0.25, -0.2) is 9.59 Å². The maximum Gasteiger partial charge on any atom is 0.413 e. The number of para-hydroxylation sites is 1. The monoisotopic (exact) mass is 426 g/mol. The maximum atomic E-state index is 12.5. The predicted molar refractivity (Wildman–Crippen MR) is 116 cm³/mol. The molecule has 2 amide bonds. The normalized spacial score (nSPS) is 10.4. The number of amides is 2. The number of rotatable bonds is 8. The molecule has 0 aliphatic heterocycles. The van der Waals surface area contributed by atoms with Crippen molar-refractivity contribution in [2.45, 2.75) is 20.3 Å². The van der Waals surface area contributed by atoms with Crippen LogP contribution in [0.3, 0.4) is 0 Å². The highest BCUT2D eigenvalue weighted by Gasteiger charge is 2.20. The minimum Gasteiger partial charge on any atom is -0.454 e. The Kier molecular flexibility index (Phi) is 8.31. The summed E-state index contributed by atoms with van der Waals surface area (Å²) in [6.45, 7) is 3.44. The molecule has 2 rings (SSSR count). The zero-order valence-corrected chi connectivity index (χ0v) is 18.0. The molecule has 0 aliphatic rings. The van der Waals surface area contributed by atoms with Gasteiger partial charge in [0.05, 0.1) is 18.4 Å². The first kappa shape index (κ1) is 23.6. The number of hydrogen-bond acceptors (Lipinski definition) is 6. The molecular weight excluding hydrogens is 400 g/mol. The van der Waals surface area contributed by atoms with Crippen LogP contribution < -0.4 is 10.2 Å². The third-order valence-corrected chi connectivity index (χ3v) is 4.35. The van der Waals surface area contributed by atoms with Crippen molar-refractivity contribution in [1.29, 1.82) is 0 Å². The van der Waals surface area contributed by atoms with Crippen molar-refractivity contribution in [1.82, 2.24) is 0 Å². The molecule has 8 heteroatoms. The van der Waals surface area contributed by atoms with E-state index in [1.807, 2.05) is 13.8 Å². The van der Waals surface area contributed by atoms with Crippen molar-refractivity contribution in [3.63, 3.8) is 0 Å². The summed E-state index contributed by atoms with van der Waals surface area (Å²) in [4.78, 5) is 49.6. The lowest BCUT2D eigenvalue weighted by molar-refractivity contribution is -0.116. The Morgan fingerprint density at radius 3 is 2.26 bits per heavy atom. The second-order valence-electron chi connectivity index (χ2n) is 7.27. The molecule has 0 atom stereocenters. The van der Waals surface area contributed by atoms with Crippen molar-refractivity contribution < 1.29 is 28.7 Å². The van der Waals surface area contributed by atoms with Gasteiger partial charge in [0.1, 0.15) is 0 Å². The summed E-state index contributed by atoms with van der Waals surface area (Å²) in [5.41, 5.74) is 1.35. The van der Waals surface area contributed by atoms with Gasteiger partial charge >= 0.3 is 12.1 Å². The third kappa shape index (κ3) is 6.67. The smallest absolute Gasteiger partial charge is 0.413 e. The van der Waals surface area contributed by atoms with Crippen molar-refractivity contribution >= 4 is 35.1 Å². The number of ketones is 1. The van der Waals surface area contributed by atoms with E-state index in [0.29, 0.717) is 23.4 Å². The van der Waals surface area contributed by atoms with Crippen LogP contribution in [0.4, 0.5) is 16.2 Å². The maximum absolute atomic E-state index is 12.5. The number of hydrogen-bond donors (Lipinski definition) is 1. The Morgan fingerprint density at radius 2 is 1.65 bits per heavy atom. The molecule has 0 spiro atoms. The van der Waals surface area contributed by atoms with E-state index in [4.69, 9.17) is 4.74 Å². The first-order chi connectivity index (χ1) is 14.7. The number of methoxy groups -OCH3 is 1. The number of nitrogens with one attached hydrogen (secondary N) is 1. The van der Waals surface area contributed by atoms with Gasteiger partial charge in [0.2, 0.25) is 5.91 Å². The molecule has 0 bridgehead atoms. The van der Waals surface area contributed by atoms with Gasteiger partial charge in [-0.3, -0.25) is 14.5 Å². The molecule has 0 radical (unpaired) electrons. The van der Waals surface area contributed by atoms with E-state index in [0.717, 1.165) is 0 Å². The van der Waals surface area contributed by atoms with E-state index < -0.39 is 24.5 Å². The van der Waals surface area contributed by atoms with Crippen LogP contribution in [0.25, 0.3) is 0 Å². The standard InChI is InChI=1S/C23H26N2O6/c1-15(2)13-21(27)24-17-11-9-16(10-12-17)20(26)14-31-22(28)18-7-5-6-8-19(18)25(3)23(29)30-4/h5-12,15H,13-14H2,1-4H3,(H,24,27). The fourth-order valence-electron chi connectivity index (χ4n) is 2.79. The highest BCUT2D eigenvalue weighted by atomic mass is 16.5. The predicted octanol–water partition coefficient (Wildman–Crippen LogP) is 3.91. The summed E-state index contributed by atoms with van der Waals surface area (Å²) in [5, 5.41) is 2.76. The molecule has 0 saturated heterocycles. The molecule has 0 fully saturated rings. The Hall–Kier alpha value is -3.68. The quantitative estimate of drug-likeness (QED) is 0.507. The minimum absolute atomic E-state index is 0.0985. The molecule has 0 saturated carbocycles. The van der Waals surface area contributed by atoms with Crippen molar-refractivity contribution in [2.24, 2.45) is 5.92 Å². The van der Waals surface area contributed by atoms with Crippen molar-refractivity contribution in [3.8, 4) is 0 Å². The second kappa shape index (κ2) is 10.9. The summed E-state index contributed by atoms with van der Waals surface area (Å²) >= 11 is 0. The molecule has 31 heavy (non-hydrogen) atoms. The van der Waals surface area contributed by atoms with E-state index >= 15 is 0 Å². The minimum atomic E-state index is -0.739. The largest absolute Gasteiger partial charge is 0.454 e. The summed E-state index contributed by atoms with van der Waals surface area (Å²) in [6.07, 6.45) is -0.236. The number of ether oxygens (including phenoxy) is 2. The zero-order valence-electron chi connectivity index (χ0n) is 18.0. The van der Waals surface area contributed by atoms with Crippen LogP contribution in [-0.2, 0) is 14.3 Å². The number of benzene rings is 2. The Balaban J connectivity index is 1.99. The Morgan fingerprint density at radius 1 is 1.00 bits per heavy atom. The van der Waals surface area contributed by atoms with Gasteiger partial charge in [0.25, 0.3) is 0 Å². The number of Topliss-reactive ketones (excluding diaryl/α,β-unsaturated/α-hetero) is 1. The Bertz CT molecular complexity index is 953. The fraction of sp³-hybridized carbons (Fsp3) is 0.304. The van der Waals surface area contributed by atoms with Crippen LogP contribution in [0.2, 0.25) is 0 Å². The number of nitrogens with zero attached hydrogens (tertiary/aromatic N) is 1. The fourth-order valence-corrected chi connectivity index (χ4v) is 2.79.